The number of nitrogen functional groups attached to an aromatic ring is 1. The molecule has 0 atom stereocenters. The second kappa shape index (κ2) is 10.7. The molecule has 7 nitrogen and oxygen atoms in total. The molecule has 1 aromatic heterocycles. The summed E-state index contributed by atoms with van der Waals surface area (Å²) >= 11 is 6.15. The Morgan fingerprint density at radius 1 is 1.19 bits per heavy atom. The van der Waals surface area contributed by atoms with E-state index < -0.39 is 0 Å². The maximum atomic E-state index is 12.0. The average Bonchev–Trinajstić information content (AvgIpc) is 2.99. The van der Waals surface area contributed by atoms with Crippen molar-refractivity contribution in [2.24, 2.45) is 0 Å². The first kappa shape index (κ1) is 20.9. The van der Waals surface area contributed by atoms with E-state index in [1.165, 1.54) is 28.2 Å². The first-order valence-corrected chi connectivity index (χ1v) is 10.9. The molecule has 1 heterocycles. The van der Waals surface area contributed by atoms with Gasteiger partial charge in [0.1, 0.15) is 5.75 Å². The molecule has 1 amide bonds. The van der Waals surface area contributed by atoms with Crippen molar-refractivity contribution in [2.45, 2.75) is 24.2 Å². The van der Waals surface area contributed by atoms with Crippen LogP contribution in [0.3, 0.4) is 0 Å². The van der Waals surface area contributed by atoms with Crippen LogP contribution in [0.5, 0.6) is 5.75 Å². The van der Waals surface area contributed by atoms with E-state index in [9.17, 15) is 4.79 Å². The van der Waals surface area contributed by atoms with Crippen molar-refractivity contribution in [1.29, 1.82) is 0 Å². The van der Waals surface area contributed by atoms with Gasteiger partial charge in [-0.2, -0.15) is 0 Å². The fourth-order valence-electron chi connectivity index (χ4n) is 2.08. The van der Waals surface area contributed by atoms with Gasteiger partial charge in [-0.15, -0.1) is 10.2 Å². The molecular weight excluding hydrogens is 438 g/mol. The third kappa shape index (κ3) is 6.10. The van der Waals surface area contributed by atoms with E-state index >= 15 is 0 Å². The van der Waals surface area contributed by atoms with Gasteiger partial charge in [0.2, 0.25) is 16.2 Å². The van der Waals surface area contributed by atoms with Crippen LogP contribution in [0, 0.1) is 0 Å². The van der Waals surface area contributed by atoms with Crippen LogP contribution in [0.4, 0.5) is 0 Å². The summed E-state index contributed by atoms with van der Waals surface area (Å²) < 4.78 is 8.10. The third-order valence-electron chi connectivity index (χ3n) is 3.47. The lowest BCUT2D eigenvalue weighted by molar-refractivity contribution is -0.127. The zero-order chi connectivity index (χ0) is 18.9. The number of nitrogens with two attached hydrogens (primary N) is 1. The van der Waals surface area contributed by atoms with Gasteiger partial charge < -0.3 is 15.5 Å². The Hall–Kier alpha value is -1.39. The Bertz CT molecular complexity index is 707. The number of rotatable bonds is 10. The summed E-state index contributed by atoms with van der Waals surface area (Å²) in [5.41, 5.74) is 0. The zero-order valence-electron chi connectivity index (χ0n) is 14.7. The predicted octanol–water partition coefficient (Wildman–Crippen LogP) is 2.89. The molecule has 0 radical (unpaired) electrons. The van der Waals surface area contributed by atoms with Gasteiger partial charge in [0, 0.05) is 23.3 Å². The van der Waals surface area contributed by atoms with Crippen LogP contribution >= 0.6 is 39.5 Å². The molecule has 0 aliphatic heterocycles. The van der Waals surface area contributed by atoms with E-state index in [-0.39, 0.29) is 5.91 Å². The van der Waals surface area contributed by atoms with Crippen LogP contribution in [0.15, 0.2) is 39.1 Å². The Morgan fingerprint density at radius 3 is 2.42 bits per heavy atom. The maximum Gasteiger partial charge on any atom is 0.233 e. The largest absolute Gasteiger partial charge is 0.493 e. The number of nitrogens with zero attached hydrogens (tertiary/aromatic N) is 4. The van der Waals surface area contributed by atoms with Gasteiger partial charge in [-0.1, -0.05) is 39.5 Å². The predicted molar refractivity (Wildman–Crippen MR) is 109 cm³/mol. The van der Waals surface area contributed by atoms with E-state index in [1.807, 2.05) is 38.1 Å². The lowest BCUT2D eigenvalue weighted by Crippen LogP contribution is -2.32. The Balaban J connectivity index is 1.77. The third-order valence-corrected chi connectivity index (χ3v) is 5.83. The number of aromatic nitrogens is 3. The molecule has 2 rings (SSSR count). The molecule has 0 spiro atoms. The zero-order valence-corrected chi connectivity index (χ0v) is 17.9. The van der Waals surface area contributed by atoms with Crippen LogP contribution in [-0.4, -0.2) is 56.9 Å². The van der Waals surface area contributed by atoms with Crippen molar-refractivity contribution in [3.05, 3.63) is 28.7 Å². The molecular formula is C16H22BrN5O2S2. The van der Waals surface area contributed by atoms with E-state index in [0.717, 1.165) is 10.2 Å². The molecule has 2 N–H and O–H groups in total. The van der Waals surface area contributed by atoms with Crippen molar-refractivity contribution in [1.82, 2.24) is 19.8 Å². The number of carbonyl (C=O) groups excluding carboxylic acids is 1. The minimum absolute atomic E-state index is 0.0695. The number of hydrogen-bond acceptors (Lipinski definition) is 7. The van der Waals surface area contributed by atoms with Crippen molar-refractivity contribution >= 4 is 45.4 Å². The number of ether oxygens (including phenoxy) is 1. The summed E-state index contributed by atoms with van der Waals surface area (Å²) in [6.07, 6.45) is 0. The van der Waals surface area contributed by atoms with Crippen molar-refractivity contribution < 1.29 is 9.53 Å². The minimum Gasteiger partial charge on any atom is -0.493 e. The summed E-state index contributed by atoms with van der Waals surface area (Å²) in [5, 5.41) is 9.27. The molecule has 0 bridgehead atoms. The van der Waals surface area contributed by atoms with Gasteiger partial charge in [-0.25, -0.2) is 4.68 Å². The molecule has 0 aliphatic rings. The van der Waals surface area contributed by atoms with E-state index in [0.29, 0.717) is 41.5 Å². The molecule has 10 heteroatoms. The fourth-order valence-corrected chi connectivity index (χ4v) is 3.83. The lowest BCUT2D eigenvalue weighted by atomic mass is 10.3. The van der Waals surface area contributed by atoms with Crippen molar-refractivity contribution in [2.75, 3.05) is 37.0 Å². The molecule has 0 saturated heterocycles. The molecule has 2 aromatic rings. The number of benzene rings is 1. The second-order valence-electron chi connectivity index (χ2n) is 5.14. The molecule has 1 aromatic carbocycles. The number of hydrogen-bond donors (Lipinski definition) is 1. The van der Waals surface area contributed by atoms with E-state index in [4.69, 9.17) is 10.6 Å². The van der Waals surface area contributed by atoms with E-state index in [1.54, 1.807) is 4.90 Å². The smallest absolute Gasteiger partial charge is 0.233 e. The summed E-state index contributed by atoms with van der Waals surface area (Å²) in [4.78, 5) is 13.8. The molecule has 0 fully saturated rings. The maximum absolute atomic E-state index is 12.0. The topological polar surface area (TPSA) is 86.3 Å². The standard InChI is InChI=1S/C16H22BrN5O2S2/c1-3-21(4-2)14(23)11-26-16-20-19-15(22(16)18)25-10-9-24-13-7-5-12(17)6-8-13/h5-8H,3-4,9-11,18H2,1-2H3. The summed E-state index contributed by atoms with van der Waals surface area (Å²) in [5.74, 6) is 7.89. The normalized spacial score (nSPS) is 10.7. The quantitative estimate of drug-likeness (QED) is 0.332. The second-order valence-corrected chi connectivity index (χ2v) is 8.06. The number of carbonyl (C=O) groups is 1. The SMILES string of the molecule is CCN(CC)C(=O)CSc1nnc(SCCOc2ccc(Br)cc2)n1N. The molecule has 0 aliphatic carbocycles. The first-order chi connectivity index (χ1) is 12.5. The molecule has 0 unspecified atom stereocenters. The number of amides is 1. The van der Waals surface area contributed by atoms with Crippen LogP contribution < -0.4 is 10.6 Å². The molecule has 142 valence electrons. The van der Waals surface area contributed by atoms with Gasteiger partial charge in [-0.3, -0.25) is 4.79 Å². The van der Waals surface area contributed by atoms with Crippen LogP contribution in [0.25, 0.3) is 0 Å². The van der Waals surface area contributed by atoms with Crippen LogP contribution in [0.1, 0.15) is 13.8 Å². The highest BCUT2D eigenvalue weighted by Gasteiger charge is 2.15. The van der Waals surface area contributed by atoms with Gasteiger partial charge in [0.05, 0.1) is 12.4 Å². The van der Waals surface area contributed by atoms with E-state index in [2.05, 4.69) is 26.1 Å². The lowest BCUT2D eigenvalue weighted by Gasteiger charge is -2.17. The Morgan fingerprint density at radius 2 is 1.81 bits per heavy atom. The van der Waals surface area contributed by atoms with Crippen LogP contribution in [0.2, 0.25) is 0 Å². The minimum atomic E-state index is 0.0695. The highest BCUT2D eigenvalue weighted by atomic mass is 79.9. The Labute approximate surface area is 170 Å². The van der Waals surface area contributed by atoms with Crippen molar-refractivity contribution in [3.63, 3.8) is 0 Å². The van der Waals surface area contributed by atoms with Crippen molar-refractivity contribution in [3.8, 4) is 5.75 Å². The summed E-state index contributed by atoms with van der Waals surface area (Å²) in [7, 11) is 0. The van der Waals surface area contributed by atoms with Gasteiger partial charge in [0.25, 0.3) is 0 Å². The monoisotopic (exact) mass is 459 g/mol. The fraction of sp³-hybridized carbons (Fsp3) is 0.438. The molecule has 0 saturated carbocycles. The average molecular weight is 460 g/mol. The van der Waals surface area contributed by atoms with Gasteiger partial charge >= 0.3 is 0 Å². The number of halogens is 1. The number of thioether (sulfide) groups is 2. The summed E-state index contributed by atoms with van der Waals surface area (Å²) in [6.45, 7) is 5.85. The van der Waals surface area contributed by atoms with Gasteiger partial charge in [0.15, 0.2) is 0 Å². The highest BCUT2D eigenvalue weighted by Crippen LogP contribution is 2.21. The highest BCUT2D eigenvalue weighted by molar-refractivity contribution is 9.10. The molecule has 26 heavy (non-hydrogen) atoms. The summed E-state index contributed by atoms with van der Waals surface area (Å²) in [6, 6.07) is 7.67. The first-order valence-electron chi connectivity index (χ1n) is 8.17. The van der Waals surface area contributed by atoms with Gasteiger partial charge in [-0.05, 0) is 38.1 Å². The Kier molecular flexibility index (Phi) is 8.60. The van der Waals surface area contributed by atoms with Crippen LogP contribution in [-0.2, 0) is 4.79 Å².